The molecule has 1 aliphatic heterocycles. The molecule has 1 fully saturated rings. The molecule has 0 bridgehead atoms. The van der Waals surface area contributed by atoms with E-state index in [2.05, 4.69) is 36.5 Å². The topological polar surface area (TPSA) is 75.6 Å². The average molecular weight is 359 g/mol. The largest absolute Gasteiger partial charge is 0.477 e. The Morgan fingerprint density at radius 1 is 1.20 bits per heavy atom. The van der Waals surface area contributed by atoms with Crippen molar-refractivity contribution < 1.29 is 19.4 Å². The molecule has 1 aromatic heterocycles. The second-order valence-corrected chi connectivity index (χ2v) is 7.37. The fraction of sp³-hybridized carbons (Fsp3) is 0.368. The van der Waals surface area contributed by atoms with Crippen LogP contribution in [0.3, 0.4) is 0 Å². The third-order valence-electron chi connectivity index (χ3n) is 4.42. The molecule has 6 heteroatoms. The molecule has 3 rings (SSSR count). The quantitative estimate of drug-likeness (QED) is 0.854. The molecule has 0 saturated carbocycles. The summed E-state index contributed by atoms with van der Waals surface area (Å²) in [6.07, 6.45) is 1.95. The number of benzene rings is 1. The highest BCUT2D eigenvalue weighted by Crippen LogP contribution is 2.33. The highest BCUT2D eigenvalue weighted by molar-refractivity contribution is 7.15. The SMILES string of the molecule is Cc1ccc(C2OCCCC2CNC(=O)c2ccc(C(=O)O)s2)cc1. The molecule has 1 amide bonds. The summed E-state index contributed by atoms with van der Waals surface area (Å²) in [5, 5.41) is 11.9. The van der Waals surface area contributed by atoms with E-state index in [0.717, 1.165) is 36.3 Å². The van der Waals surface area contributed by atoms with E-state index < -0.39 is 5.97 Å². The number of amides is 1. The Hall–Kier alpha value is -2.18. The van der Waals surface area contributed by atoms with E-state index in [-0.39, 0.29) is 22.8 Å². The number of nitrogens with one attached hydrogen (secondary N) is 1. The van der Waals surface area contributed by atoms with Gasteiger partial charge in [-0.3, -0.25) is 4.79 Å². The number of hydrogen-bond donors (Lipinski definition) is 2. The number of ether oxygens (including phenoxy) is 1. The van der Waals surface area contributed by atoms with Gasteiger partial charge in [-0.1, -0.05) is 29.8 Å². The molecule has 2 heterocycles. The van der Waals surface area contributed by atoms with Crippen molar-refractivity contribution in [2.75, 3.05) is 13.2 Å². The molecule has 0 aliphatic carbocycles. The van der Waals surface area contributed by atoms with Crippen molar-refractivity contribution in [2.24, 2.45) is 5.92 Å². The fourth-order valence-corrected chi connectivity index (χ4v) is 3.82. The van der Waals surface area contributed by atoms with Crippen LogP contribution in [0.1, 0.15) is 49.4 Å². The van der Waals surface area contributed by atoms with Crippen LogP contribution < -0.4 is 5.32 Å². The molecule has 2 unspecified atom stereocenters. The minimum absolute atomic E-state index is 0.0208. The molecule has 0 spiro atoms. The normalized spacial score (nSPS) is 20.2. The first-order chi connectivity index (χ1) is 12.0. The number of carbonyl (C=O) groups excluding carboxylic acids is 1. The van der Waals surface area contributed by atoms with E-state index in [1.54, 1.807) is 6.07 Å². The number of aryl methyl sites for hydroxylation is 1. The van der Waals surface area contributed by atoms with E-state index in [0.29, 0.717) is 11.4 Å². The lowest BCUT2D eigenvalue weighted by molar-refractivity contribution is -0.0272. The molecule has 1 aromatic carbocycles. The number of rotatable bonds is 5. The van der Waals surface area contributed by atoms with Crippen molar-refractivity contribution >= 4 is 23.2 Å². The van der Waals surface area contributed by atoms with Gasteiger partial charge in [0.05, 0.1) is 11.0 Å². The van der Waals surface area contributed by atoms with Gasteiger partial charge in [-0.2, -0.15) is 0 Å². The van der Waals surface area contributed by atoms with Gasteiger partial charge in [0, 0.05) is 19.1 Å². The molecule has 5 nitrogen and oxygen atoms in total. The molecule has 25 heavy (non-hydrogen) atoms. The maximum absolute atomic E-state index is 12.3. The van der Waals surface area contributed by atoms with Crippen LogP contribution >= 0.6 is 11.3 Å². The monoisotopic (exact) mass is 359 g/mol. The van der Waals surface area contributed by atoms with Crippen LogP contribution in [0.15, 0.2) is 36.4 Å². The first-order valence-electron chi connectivity index (χ1n) is 8.34. The molecule has 2 N–H and O–H groups in total. The van der Waals surface area contributed by atoms with Crippen molar-refractivity contribution in [3.05, 3.63) is 57.3 Å². The first kappa shape index (κ1) is 17.6. The maximum atomic E-state index is 12.3. The summed E-state index contributed by atoms with van der Waals surface area (Å²) < 4.78 is 5.96. The predicted octanol–water partition coefficient (Wildman–Crippen LogP) is 3.65. The number of aromatic carboxylic acids is 1. The lowest BCUT2D eigenvalue weighted by Gasteiger charge is -2.32. The van der Waals surface area contributed by atoms with Gasteiger partial charge in [0.25, 0.3) is 5.91 Å². The zero-order valence-electron chi connectivity index (χ0n) is 14.0. The molecule has 132 valence electrons. The Kier molecular flexibility index (Phi) is 5.50. The van der Waals surface area contributed by atoms with E-state index in [1.807, 2.05) is 0 Å². The van der Waals surface area contributed by atoms with Crippen molar-refractivity contribution in [1.29, 1.82) is 0 Å². The van der Waals surface area contributed by atoms with Crippen molar-refractivity contribution in [2.45, 2.75) is 25.9 Å². The Labute approximate surface area is 150 Å². The van der Waals surface area contributed by atoms with Crippen molar-refractivity contribution in [3.8, 4) is 0 Å². The fourth-order valence-electron chi connectivity index (χ4n) is 3.06. The van der Waals surface area contributed by atoms with E-state index in [4.69, 9.17) is 9.84 Å². The predicted molar refractivity (Wildman–Crippen MR) is 96.2 cm³/mol. The summed E-state index contributed by atoms with van der Waals surface area (Å²) in [6.45, 7) is 3.29. The number of carbonyl (C=O) groups is 2. The van der Waals surface area contributed by atoms with Crippen LogP contribution in [0.2, 0.25) is 0 Å². The molecule has 2 aromatic rings. The summed E-state index contributed by atoms with van der Waals surface area (Å²) in [5.74, 6) is -1.03. The standard InChI is InChI=1S/C19H21NO4S/c1-12-4-6-13(7-5-12)17-14(3-2-10-24-17)11-20-18(21)15-8-9-16(25-15)19(22)23/h4-9,14,17H,2-3,10-11H2,1H3,(H,20,21)(H,22,23). The van der Waals surface area contributed by atoms with E-state index in [9.17, 15) is 9.59 Å². The zero-order chi connectivity index (χ0) is 17.8. The highest BCUT2D eigenvalue weighted by Gasteiger charge is 2.28. The lowest BCUT2D eigenvalue weighted by Crippen LogP contribution is -2.34. The van der Waals surface area contributed by atoms with Gasteiger partial charge in [0.15, 0.2) is 0 Å². The third kappa shape index (κ3) is 4.27. The second kappa shape index (κ2) is 7.80. The number of thiophene rings is 1. The van der Waals surface area contributed by atoms with Crippen molar-refractivity contribution in [3.63, 3.8) is 0 Å². The van der Waals surface area contributed by atoms with E-state index in [1.165, 1.54) is 11.6 Å². The molecule has 0 radical (unpaired) electrons. The van der Waals surface area contributed by atoms with Gasteiger partial charge < -0.3 is 15.2 Å². The molecule has 2 atom stereocenters. The van der Waals surface area contributed by atoms with Gasteiger partial charge in [-0.25, -0.2) is 4.79 Å². The zero-order valence-corrected chi connectivity index (χ0v) is 14.8. The second-order valence-electron chi connectivity index (χ2n) is 6.28. The number of hydrogen-bond acceptors (Lipinski definition) is 4. The molecule has 1 saturated heterocycles. The first-order valence-corrected chi connectivity index (χ1v) is 9.16. The minimum Gasteiger partial charge on any atom is -0.477 e. The summed E-state index contributed by atoms with van der Waals surface area (Å²) in [5.41, 5.74) is 2.34. The average Bonchev–Trinajstić information content (AvgIpc) is 3.11. The Morgan fingerprint density at radius 3 is 2.60 bits per heavy atom. The van der Waals surface area contributed by atoms with Crippen LogP contribution in [0.25, 0.3) is 0 Å². The number of carboxylic acids is 1. The van der Waals surface area contributed by atoms with Crippen LogP contribution in [-0.4, -0.2) is 30.1 Å². The highest BCUT2D eigenvalue weighted by atomic mass is 32.1. The van der Waals surface area contributed by atoms with Crippen LogP contribution in [0.4, 0.5) is 0 Å². The van der Waals surface area contributed by atoms with Crippen LogP contribution in [0.5, 0.6) is 0 Å². The van der Waals surface area contributed by atoms with Gasteiger partial charge in [-0.15, -0.1) is 11.3 Å². The Balaban J connectivity index is 1.64. The summed E-state index contributed by atoms with van der Waals surface area (Å²) in [7, 11) is 0. The van der Waals surface area contributed by atoms with Gasteiger partial charge in [0.2, 0.25) is 0 Å². The van der Waals surface area contributed by atoms with Crippen LogP contribution in [-0.2, 0) is 4.74 Å². The Bertz CT molecular complexity index is 753. The summed E-state index contributed by atoms with van der Waals surface area (Å²) in [6, 6.07) is 11.3. The Morgan fingerprint density at radius 2 is 1.92 bits per heavy atom. The summed E-state index contributed by atoms with van der Waals surface area (Å²) >= 11 is 0.992. The molecular weight excluding hydrogens is 338 g/mol. The van der Waals surface area contributed by atoms with Gasteiger partial charge in [0.1, 0.15) is 4.88 Å². The number of carboxylic acid groups (broad SMARTS) is 1. The minimum atomic E-state index is -1.01. The van der Waals surface area contributed by atoms with Crippen molar-refractivity contribution in [1.82, 2.24) is 5.32 Å². The van der Waals surface area contributed by atoms with E-state index >= 15 is 0 Å². The molecule has 1 aliphatic rings. The summed E-state index contributed by atoms with van der Waals surface area (Å²) in [4.78, 5) is 23.8. The smallest absolute Gasteiger partial charge is 0.345 e. The third-order valence-corrected chi connectivity index (χ3v) is 5.49. The van der Waals surface area contributed by atoms with Gasteiger partial charge >= 0.3 is 5.97 Å². The maximum Gasteiger partial charge on any atom is 0.345 e. The lowest BCUT2D eigenvalue weighted by atomic mass is 9.89. The van der Waals surface area contributed by atoms with Gasteiger partial charge in [-0.05, 0) is 37.5 Å². The van der Waals surface area contributed by atoms with Crippen LogP contribution in [0, 0.1) is 12.8 Å². The molecular formula is C19H21NO4S.